The van der Waals surface area contributed by atoms with Crippen molar-refractivity contribution in [1.29, 1.82) is 0 Å². The Kier molecular flexibility index (Phi) is 7.81. The predicted octanol–water partition coefficient (Wildman–Crippen LogP) is 12.5. The molecule has 0 fully saturated rings. The molecule has 0 bridgehead atoms. The third-order valence-electron chi connectivity index (χ3n) is 8.38. The van der Waals surface area contributed by atoms with Gasteiger partial charge in [0.2, 0.25) is 0 Å². The minimum Gasteiger partial charge on any atom is -0.143 e. The summed E-state index contributed by atoms with van der Waals surface area (Å²) >= 11 is 7.37. The smallest absolute Gasteiger partial charge is 0.0203 e. The van der Waals surface area contributed by atoms with Crippen LogP contribution in [0.5, 0.6) is 0 Å². The molecule has 2 heteroatoms. The normalized spacial score (nSPS) is 14.3. The molecule has 6 aromatic carbocycles. The van der Waals surface area contributed by atoms with E-state index in [-0.39, 0.29) is 0 Å². The van der Waals surface area contributed by atoms with Gasteiger partial charge in [-0.05, 0) is 126 Å². The molecule has 0 radical (unpaired) electrons. The van der Waals surface area contributed by atoms with Gasteiger partial charge in [-0.1, -0.05) is 127 Å². The first-order valence-corrected chi connectivity index (χ1v) is 16.3. The molecule has 0 saturated heterocycles. The summed E-state index contributed by atoms with van der Waals surface area (Å²) in [5.74, 6) is 0. The third kappa shape index (κ3) is 5.50. The Balaban J connectivity index is 1.37. The first-order valence-electron chi connectivity index (χ1n) is 14.7. The summed E-state index contributed by atoms with van der Waals surface area (Å²) < 4.78 is 1.20. The van der Waals surface area contributed by atoms with Crippen molar-refractivity contribution >= 4 is 76.7 Å². The van der Waals surface area contributed by atoms with Gasteiger partial charge in [-0.2, -0.15) is 0 Å². The van der Waals surface area contributed by atoms with Gasteiger partial charge >= 0.3 is 0 Å². The molecule has 7 rings (SSSR count). The molecule has 208 valence electrons. The molecule has 0 atom stereocenters. The molecule has 0 amide bonds. The zero-order valence-corrected chi connectivity index (χ0v) is 27.1. The maximum Gasteiger partial charge on any atom is 0.0203 e. The van der Waals surface area contributed by atoms with E-state index in [0.29, 0.717) is 0 Å². The van der Waals surface area contributed by atoms with E-state index >= 15 is 0 Å². The fourth-order valence-corrected chi connectivity index (χ4v) is 7.10. The van der Waals surface area contributed by atoms with Crippen molar-refractivity contribution in [3.8, 4) is 11.1 Å². The zero-order chi connectivity index (χ0) is 29.3. The van der Waals surface area contributed by atoms with E-state index in [9.17, 15) is 0 Å². The summed E-state index contributed by atoms with van der Waals surface area (Å²) in [5, 5.41) is 7.74. The molecule has 1 aliphatic rings. The van der Waals surface area contributed by atoms with Crippen LogP contribution in [-0.2, 0) is 0 Å². The second-order valence-electron chi connectivity index (χ2n) is 11.2. The fraction of sp³-hybridized carbons (Fsp3) is 0.0732. The van der Waals surface area contributed by atoms with Gasteiger partial charge < -0.3 is 0 Å². The summed E-state index contributed by atoms with van der Waals surface area (Å²) in [7, 11) is 0. The second kappa shape index (κ2) is 12.0. The van der Waals surface area contributed by atoms with Crippen LogP contribution in [0.4, 0.5) is 0 Å². The first kappa shape index (κ1) is 27.9. The Hall–Kier alpha value is -3.86. The molecule has 1 aliphatic carbocycles. The number of hydrogen-bond acceptors (Lipinski definition) is 1. The number of fused-ring (bicyclic) bond motifs is 3. The van der Waals surface area contributed by atoms with Crippen molar-refractivity contribution in [3.63, 3.8) is 0 Å². The van der Waals surface area contributed by atoms with Crippen molar-refractivity contribution in [1.82, 2.24) is 0 Å². The van der Waals surface area contributed by atoms with Crippen molar-refractivity contribution in [3.05, 3.63) is 167 Å². The Labute approximate surface area is 272 Å². The lowest BCUT2D eigenvalue weighted by atomic mass is 9.83. The van der Waals surface area contributed by atoms with Crippen LogP contribution in [0.25, 0.3) is 52.6 Å². The van der Waals surface area contributed by atoms with Gasteiger partial charge in [-0.15, -0.1) is 12.6 Å². The van der Waals surface area contributed by atoms with Crippen LogP contribution >= 0.6 is 35.2 Å². The molecule has 6 aromatic rings. The molecule has 0 nitrogen and oxygen atoms in total. The van der Waals surface area contributed by atoms with Crippen LogP contribution < -0.4 is 0 Å². The van der Waals surface area contributed by atoms with Gasteiger partial charge in [-0.3, -0.25) is 0 Å². The van der Waals surface area contributed by atoms with Crippen molar-refractivity contribution in [2.24, 2.45) is 0 Å². The molecule has 0 aliphatic heterocycles. The lowest BCUT2D eigenvalue weighted by Crippen LogP contribution is -1.97. The number of halogens is 1. The van der Waals surface area contributed by atoms with E-state index in [2.05, 4.69) is 169 Å². The number of hydrogen-bond donors (Lipinski definition) is 1. The molecule has 43 heavy (non-hydrogen) atoms. The number of allylic oxidation sites excluding steroid dienone is 6. The van der Waals surface area contributed by atoms with E-state index in [1.54, 1.807) is 0 Å². The van der Waals surface area contributed by atoms with Gasteiger partial charge in [-0.25, -0.2) is 0 Å². The summed E-state index contributed by atoms with van der Waals surface area (Å²) in [6, 6.07) is 42.0. The standard InChI is InChI=1S/C41H31IS/c1-27-18-19-30-25-33(21-20-29(30)24-27)41-36-16-7-5-14-34(36)40(35-15-6-8-17-37(35)41)32-13-9-12-31(26-32)39(43)23-22-38(42)28-10-3-2-4-11-28/h2-8,10-12,14-26,43H,9,13H2,1H3/b38-22-,39-23-. The second-order valence-corrected chi connectivity index (χ2v) is 12.9. The average molecular weight is 683 g/mol. The van der Waals surface area contributed by atoms with Crippen LogP contribution in [0.3, 0.4) is 0 Å². The van der Waals surface area contributed by atoms with Crippen LogP contribution in [-0.4, -0.2) is 0 Å². The number of rotatable bonds is 5. The highest BCUT2D eigenvalue weighted by Crippen LogP contribution is 2.44. The van der Waals surface area contributed by atoms with Crippen LogP contribution in [0, 0.1) is 6.92 Å². The van der Waals surface area contributed by atoms with Gasteiger partial charge in [0.1, 0.15) is 0 Å². The van der Waals surface area contributed by atoms with E-state index in [1.165, 1.54) is 74.9 Å². The van der Waals surface area contributed by atoms with Gasteiger partial charge in [0.15, 0.2) is 0 Å². The van der Waals surface area contributed by atoms with Gasteiger partial charge in [0, 0.05) is 8.48 Å². The highest BCUT2D eigenvalue weighted by Gasteiger charge is 2.19. The molecule has 0 saturated carbocycles. The van der Waals surface area contributed by atoms with Crippen molar-refractivity contribution in [2.75, 3.05) is 0 Å². The molecule has 0 aromatic heterocycles. The Morgan fingerprint density at radius 2 is 1.28 bits per heavy atom. The highest BCUT2D eigenvalue weighted by molar-refractivity contribution is 14.1. The van der Waals surface area contributed by atoms with Crippen LogP contribution in [0.15, 0.2) is 150 Å². The molecule has 0 spiro atoms. The average Bonchev–Trinajstić information content (AvgIpc) is 3.06. The fourth-order valence-electron chi connectivity index (χ4n) is 6.33. The molecular formula is C41H31IS. The number of aryl methyl sites for hydroxylation is 1. The summed E-state index contributed by atoms with van der Waals surface area (Å²) in [6.45, 7) is 2.16. The number of benzene rings is 6. The maximum atomic E-state index is 4.96. The Bertz CT molecular complexity index is 2090. The quantitative estimate of drug-likeness (QED) is 0.0796. The molecule has 0 heterocycles. The van der Waals surface area contributed by atoms with E-state index in [1.807, 2.05) is 0 Å². The van der Waals surface area contributed by atoms with E-state index in [0.717, 1.165) is 17.7 Å². The van der Waals surface area contributed by atoms with Crippen molar-refractivity contribution in [2.45, 2.75) is 19.8 Å². The maximum absolute atomic E-state index is 4.96. The minimum atomic E-state index is 0.985. The summed E-state index contributed by atoms with van der Waals surface area (Å²) in [5.41, 5.74) is 8.96. The Morgan fingerprint density at radius 1 is 0.674 bits per heavy atom. The SMILES string of the molecule is Cc1ccc2cc(-c3c4ccccc4c(C4=CC(/C(S)=C/C=C(\I)c5ccccc5)=CCC4)c4ccccc34)ccc2c1. The van der Waals surface area contributed by atoms with Gasteiger partial charge in [0.25, 0.3) is 0 Å². The van der Waals surface area contributed by atoms with E-state index in [4.69, 9.17) is 12.6 Å². The van der Waals surface area contributed by atoms with Gasteiger partial charge in [0.05, 0.1) is 0 Å². The summed E-state index contributed by atoms with van der Waals surface area (Å²) in [6.07, 6.45) is 11.0. The topological polar surface area (TPSA) is 0 Å². The first-order chi connectivity index (χ1) is 21.1. The van der Waals surface area contributed by atoms with E-state index < -0.39 is 0 Å². The molecule has 0 unspecified atom stereocenters. The predicted molar refractivity (Wildman–Crippen MR) is 200 cm³/mol. The monoisotopic (exact) mass is 682 g/mol. The number of thiol groups is 1. The van der Waals surface area contributed by atoms with Crippen LogP contribution in [0.1, 0.15) is 29.5 Å². The lowest BCUT2D eigenvalue weighted by Gasteiger charge is -2.21. The molecular weight excluding hydrogens is 651 g/mol. The van der Waals surface area contributed by atoms with Crippen molar-refractivity contribution < 1.29 is 0 Å². The Morgan fingerprint density at radius 3 is 1.98 bits per heavy atom. The largest absolute Gasteiger partial charge is 0.143 e. The summed E-state index contributed by atoms with van der Waals surface area (Å²) in [4.78, 5) is 0.985. The zero-order valence-electron chi connectivity index (χ0n) is 24.0. The molecule has 0 N–H and O–H groups in total. The third-order valence-corrected chi connectivity index (χ3v) is 9.77. The minimum absolute atomic E-state index is 0.985. The lowest BCUT2D eigenvalue weighted by molar-refractivity contribution is 1.05. The van der Waals surface area contributed by atoms with Crippen LogP contribution in [0.2, 0.25) is 0 Å². The highest BCUT2D eigenvalue weighted by atomic mass is 127.